The Kier molecular flexibility index (Phi) is 4.26. The van der Waals surface area contributed by atoms with E-state index < -0.39 is 6.04 Å². The Morgan fingerprint density at radius 2 is 2.05 bits per heavy atom. The number of Topliss-reactive ketones (excluding diaryl/α,β-unsaturated/α-hetero) is 1. The topological polar surface area (TPSA) is 78.8 Å². The molecule has 1 aliphatic heterocycles. The largest absolute Gasteiger partial charge is 0.511 e. The Bertz CT molecular complexity index is 478. The molecule has 1 atom stereocenters. The molecule has 2 N–H and O–H groups in total. The lowest BCUT2D eigenvalue weighted by atomic mass is 9.77. The molecule has 0 aromatic rings. The van der Waals surface area contributed by atoms with Crippen LogP contribution in [0.1, 0.15) is 46.0 Å². The molecule has 20 heavy (non-hydrogen) atoms. The number of hydrogen-bond donors (Lipinski definition) is 2. The van der Waals surface area contributed by atoms with Crippen LogP contribution >= 0.6 is 0 Å². The molecule has 1 aliphatic carbocycles. The zero-order chi connectivity index (χ0) is 14.8. The van der Waals surface area contributed by atoms with Gasteiger partial charge in [-0.2, -0.15) is 0 Å². The molecule has 5 nitrogen and oxygen atoms in total. The van der Waals surface area contributed by atoms with Gasteiger partial charge in [0, 0.05) is 25.6 Å². The van der Waals surface area contributed by atoms with E-state index in [0.717, 1.165) is 12.8 Å². The molecule has 110 valence electrons. The molecule has 1 heterocycles. The molecule has 1 unspecified atom stereocenters. The third kappa shape index (κ3) is 3.46. The molecule has 2 aliphatic rings. The van der Waals surface area contributed by atoms with Gasteiger partial charge in [0.1, 0.15) is 11.8 Å². The van der Waals surface area contributed by atoms with Crippen LogP contribution in [0.4, 0.5) is 0 Å². The van der Waals surface area contributed by atoms with Crippen molar-refractivity contribution in [2.75, 3.05) is 6.54 Å². The normalized spacial score (nSPS) is 27.6. The molecule has 0 aromatic carbocycles. The van der Waals surface area contributed by atoms with E-state index in [9.17, 15) is 14.7 Å². The van der Waals surface area contributed by atoms with Gasteiger partial charge in [0.25, 0.3) is 0 Å². The van der Waals surface area contributed by atoms with Crippen molar-refractivity contribution in [3.8, 4) is 0 Å². The smallest absolute Gasteiger partial charge is 0.244 e. The number of aliphatic hydroxyl groups is 1. The highest BCUT2D eigenvalue weighted by atomic mass is 16.3. The predicted molar refractivity (Wildman–Crippen MR) is 76.8 cm³/mol. The van der Waals surface area contributed by atoms with Crippen molar-refractivity contribution < 1.29 is 14.7 Å². The number of allylic oxidation sites excluding steroid dienone is 2. The Morgan fingerprint density at radius 1 is 1.30 bits per heavy atom. The number of nitrogens with zero attached hydrogens (tertiary/aromatic N) is 1. The van der Waals surface area contributed by atoms with Gasteiger partial charge in [0.15, 0.2) is 5.78 Å². The van der Waals surface area contributed by atoms with Crippen LogP contribution < -0.4 is 5.32 Å². The molecule has 0 radical (unpaired) electrons. The van der Waals surface area contributed by atoms with E-state index in [-0.39, 0.29) is 28.4 Å². The van der Waals surface area contributed by atoms with E-state index in [1.165, 1.54) is 6.21 Å². The molecular formula is C15H22N2O3. The third-order valence-corrected chi connectivity index (χ3v) is 3.79. The maximum atomic E-state index is 12.0. The number of aliphatic imine (C=N–C) groups is 1. The fourth-order valence-electron chi connectivity index (χ4n) is 2.68. The minimum atomic E-state index is -0.444. The average Bonchev–Trinajstić information content (AvgIpc) is 2.52. The molecule has 1 saturated heterocycles. The van der Waals surface area contributed by atoms with Crippen LogP contribution in [0.2, 0.25) is 0 Å². The van der Waals surface area contributed by atoms with Crippen LogP contribution in [-0.2, 0) is 9.59 Å². The van der Waals surface area contributed by atoms with Crippen molar-refractivity contribution in [1.29, 1.82) is 0 Å². The molecule has 1 fully saturated rings. The minimum absolute atomic E-state index is 0.0871. The van der Waals surface area contributed by atoms with Crippen molar-refractivity contribution >= 4 is 17.9 Å². The zero-order valence-electron chi connectivity index (χ0n) is 12.1. The van der Waals surface area contributed by atoms with Crippen LogP contribution in [0, 0.1) is 5.41 Å². The van der Waals surface area contributed by atoms with Gasteiger partial charge in [-0.15, -0.1) is 0 Å². The number of aliphatic hydroxyl groups excluding tert-OH is 1. The average molecular weight is 278 g/mol. The number of nitrogens with one attached hydrogen (secondary N) is 1. The lowest BCUT2D eigenvalue weighted by Crippen LogP contribution is -2.32. The van der Waals surface area contributed by atoms with Gasteiger partial charge in [-0.1, -0.05) is 13.8 Å². The summed E-state index contributed by atoms with van der Waals surface area (Å²) in [6.07, 6.45) is 4.84. The molecule has 5 heteroatoms. The first-order valence-electron chi connectivity index (χ1n) is 7.15. The fourth-order valence-corrected chi connectivity index (χ4v) is 2.68. The second kappa shape index (κ2) is 5.77. The van der Waals surface area contributed by atoms with Crippen molar-refractivity contribution in [2.24, 2.45) is 10.4 Å². The molecule has 0 bridgehead atoms. The van der Waals surface area contributed by atoms with Crippen LogP contribution in [0.3, 0.4) is 0 Å². The second-order valence-corrected chi connectivity index (χ2v) is 6.38. The number of carbonyl (C=O) groups is 2. The highest BCUT2D eigenvalue weighted by Crippen LogP contribution is 2.35. The highest BCUT2D eigenvalue weighted by Gasteiger charge is 2.32. The van der Waals surface area contributed by atoms with E-state index in [2.05, 4.69) is 10.3 Å². The van der Waals surface area contributed by atoms with Crippen LogP contribution in [0.25, 0.3) is 0 Å². The summed E-state index contributed by atoms with van der Waals surface area (Å²) in [5, 5.41) is 12.8. The number of carbonyl (C=O) groups excluding carboxylic acids is 2. The summed E-state index contributed by atoms with van der Waals surface area (Å²) in [6.45, 7) is 4.59. The molecule has 1 amide bonds. The summed E-state index contributed by atoms with van der Waals surface area (Å²) in [4.78, 5) is 28.0. The lowest BCUT2D eigenvalue weighted by molar-refractivity contribution is -0.122. The lowest BCUT2D eigenvalue weighted by Gasteiger charge is -2.28. The Labute approximate surface area is 119 Å². The third-order valence-electron chi connectivity index (χ3n) is 3.79. The van der Waals surface area contributed by atoms with Gasteiger partial charge >= 0.3 is 0 Å². The van der Waals surface area contributed by atoms with Crippen molar-refractivity contribution in [2.45, 2.75) is 52.0 Å². The summed E-state index contributed by atoms with van der Waals surface area (Å²) in [6, 6.07) is -0.444. The monoisotopic (exact) mass is 278 g/mol. The Morgan fingerprint density at radius 3 is 2.75 bits per heavy atom. The first kappa shape index (κ1) is 14.8. The van der Waals surface area contributed by atoms with Crippen LogP contribution in [0.5, 0.6) is 0 Å². The summed E-state index contributed by atoms with van der Waals surface area (Å²) < 4.78 is 0. The first-order chi connectivity index (χ1) is 9.39. The zero-order valence-corrected chi connectivity index (χ0v) is 12.1. The van der Waals surface area contributed by atoms with Gasteiger partial charge in [0.2, 0.25) is 5.91 Å². The Hall–Kier alpha value is -1.65. The standard InChI is InChI=1S/C15H22N2O3/c1-15(2)7-12(18)10(13(19)8-15)9-17-11-5-3-4-6-16-14(11)20/h9,11,18H,3-8H2,1-2H3,(H,16,20). The van der Waals surface area contributed by atoms with Crippen molar-refractivity contribution in [3.63, 3.8) is 0 Å². The molecule has 0 aromatic heterocycles. The molecule has 0 saturated carbocycles. The first-order valence-corrected chi connectivity index (χ1v) is 7.15. The number of hydrogen-bond acceptors (Lipinski definition) is 4. The summed E-state index contributed by atoms with van der Waals surface area (Å²) in [7, 11) is 0. The van der Waals surface area contributed by atoms with E-state index in [0.29, 0.717) is 25.8 Å². The van der Waals surface area contributed by atoms with Crippen molar-refractivity contribution in [3.05, 3.63) is 11.3 Å². The quantitative estimate of drug-likeness (QED) is 0.757. The molecule has 2 rings (SSSR count). The fraction of sp³-hybridized carbons (Fsp3) is 0.667. The maximum absolute atomic E-state index is 12.0. The number of amides is 1. The minimum Gasteiger partial charge on any atom is -0.511 e. The SMILES string of the molecule is CC1(C)CC(=O)C(C=NC2CCCCNC2=O)=C(O)C1. The van der Waals surface area contributed by atoms with Crippen LogP contribution in [0.15, 0.2) is 16.3 Å². The van der Waals surface area contributed by atoms with E-state index in [1.807, 2.05) is 13.8 Å². The molecule has 0 spiro atoms. The van der Waals surface area contributed by atoms with E-state index in [1.54, 1.807) is 0 Å². The second-order valence-electron chi connectivity index (χ2n) is 6.38. The van der Waals surface area contributed by atoms with Gasteiger partial charge in [-0.3, -0.25) is 14.6 Å². The molecular weight excluding hydrogens is 256 g/mol. The van der Waals surface area contributed by atoms with Gasteiger partial charge in [-0.25, -0.2) is 0 Å². The van der Waals surface area contributed by atoms with Crippen molar-refractivity contribution in [1.82, 2.24) is 5.32 Å². The highest BCUT2D eigenvalue weighted by molar-refractivity contribution is 6.14. The van der Waals surface area contributed by atoms with Gasteiger partial charge in [-0.05, 0) is 24.7 Å². The summed E-state index contributed by atoms with van der Waals surface area (Å²) in [5.41, 5.74) is 0.0550. The van der Waals surface area contributed by atoms with E-state index >= 15 is 0 Å². The maximum Gasteiger partial charge on any atom is 0.244 e. The van der Waals surface area contributed by atoms with E-state index in [4.69, 9.17) is 0 Å². The predicted octanol–water partition coefficient (Wildman–Crippen LogP) is 1.93. The number of rotatable bonds is 2. The van der Waals surface area contributed by atoms with Crippen LogP contribution in [-0.4, -0.2) is 35.6 Å². The summed E-state index contributed by atoms with van der Waals surface area (Å²) >= 11 is 0. The number of ketones is 1. The summed E-state index contributed by atoms with van der Waals surface area (Å²) in [5.74, 6) is -0.108. The van der Waals surface area contributed by atoms with Gasteiger partial charge in [0.05, 0.1) is 5.57 Å². The Balaban J connectivity index is 2.13. The van der Waals surface area contributed by atoms with Gasteiger partial charge < -0.3 is 10.4 Å².